The minimum atomic E-state index is -1.52. The third-order valence-corrected chi connectivity index (χ3v) is 10.7. The Morgan fingerprint density at radius 2 is 0.511 bits per heavy atom. The van der Waals surface area contributed by atoms with Crippen molar-refractivity contribution < 1.29 is 139 Å². The van der Waals surface area contributed by atoms with E-state index >= 15 is 0 Å². The average molecular weight is 1300 g/mol. The number of carbonyl (C=O) groups is 6. The van der Waals surface area contributed by atoms with E-state index in [-0.39, 0.29) is 60.1 Å². The molecule has 3 aromatic carbocycles. The van der Waals surface area contributed by atoms with Crippen LogP contribution in [0.25, 0.3) is 65.4 Å². The van der Waals surface area contributed by atoms with Crippen LogP contribution in [0.2, 0.25) is 0 Å². The molecule has 9 heterocycles. The molecule has 0 unspecified atom stereocenters. The summed E-state index contributed by atoms with van der Waals surface area (Å²) in [5.41, 5.74) is 3.89. The molecule has 0 saturated carbocycles. The first-order valence-corrected chi connectivity index (χ1v) is 25.7. The molecular formula is C59H52N9O18SY. The standard InChI is InChI=1S/3C12H8N2.3C7H5NO4.C2H6OS.5H2O.Y/c3*1-3-9-5-6-10-4-2-8-14-12(10)11(9)13-7-1;3*9-6(10)4-2-1-3-5(8-4)7(11)12;1-4(2)3;;;;;;/h3*1-8H;3*1-3H,(H,9,10)(H,11,12);1-2H3;5*1H2;/q;;;;;;;;;;;;+3/p-3. The summed E-state index contributed by atoms with van der Waals surface area (Å²) >= 11 is 0. The van der Waals surface area contributed by atoms with Crippen molar-refractivity contribution >= 4 is 112 Å². The monoisotopic (exact) mass is 1300 g/mol. The molecule has 12 rings (SSSR count). The Bertz CT molecular complexity index is 3650. The Morgan fingerprint density at radius 3 is 0.716 bits per heavy atom. The zero-order chi connectivity index (χ0) is 59.1. The predicted molar refractivity (Wildman–Crippen MR) is 304 cm³/mol. The van der Waals surface area contributed by atoms with Crippen molar-refractivity contribution in [2.75, 3.05) is 12.5 Å². The number of nitrogens with one attached hydrogen (secondary N) is 3. The summed E-state index contributed by atoms with van der Waals surface area (Å²) < 4.78 is 9.56. The molecule has 29 heteroatoms. The molecule has 27 nitrogen and oxygen atoms in total. The molecular weight excluding hydrogens is 1240 g/mol. The van der Waals surface area contributed by atoms with Gasteiger partial charge in [0, 0.05) is 92.4 Å². The fourth-order valence-corrected chi connectivity index (χ4v) is 7.19. The van der Waals surface area contributed by atoms with Gasteiger partial charge < -0.3 is 86.8 Å². The van der Waals surface area contributed by atoms with E-state index in [1.807, 2.05) is 73.6 Å². The van der Waals surface area contributed by atoms with Gasteiger partial charge in [0.1, 0.15) is 16.6 Å². The molecule has 9 aromatic heterocycles. The molecule has 0 atom stereocenters. The third kappa shape index (κ3) is 22.5. The molecule has 88 heavy (non-hydrogen) atoms. The van der Waals surface area contributed by atoms with E-state index in [2.05, 4.69) is 118 Å². The molecule has 450 valence electrons. The van der Waals surface area contributed by atoms with Crippen molar-refractivity contribution in [3.8, 4) is 0 Å². The number of rotatable bonds is 6. The van der Waals surface area contributed by atoms with Crippen molar-refractivity contribution in [2.45, 2.75) is 0 Å². The van der Waals surface area contributed by atoms with Crippen LogP contribution in [0.4, 0.5) is 0 Å². The maximum absolute atomic E-state index is 10.2. The van der Waals surface area contributed by atoms with Gasteiger partial charge in [-0.15, -0.1) is 0 Å². The summed E-state index contributed by atoms with van der Waals surface area (Å²) in [4.78, 5) is 93.7. The molecule has 0 fully saturated rings. The Balaban J connectivity index is 0.00000101. The van der Waals surface area contributed by atoms with Crippen molar-refractivity contribution in [1.82, 2.24) is 29.9 Å². The largest absolute Gasteiger partial charge is 3.00 e. The average Bonchev–Trinajstić information content (AvgIpc) is 2.74. The number of carboxylic acids is 6. The van der Waals surface area contributed by atoms with E-state index in [0.717, 1.165) is 69.5 Å². The van der Waals surface area contributed by atoms with Crippen LogP contribution in [-0.2, 0) is 43.5 Å². The maximum Gasteiger partial charge on any atom is 3.00 e. The van der Waals surface area contributed by atoms with E-state index in [1.54, 1.807) is 12.5 Å². The number of benzene rings is 3. The topological polar surface area (TPSA) is 535 Å². The predicted octanol–water partition coefficient (Wildman–Crippen LogP) is -4.10. The van der Waals surface area contributed by atoms with Crippen LogP contribution in [0, 0.1) is 0 Å². The van der Waals surface area contributed by atoms with Crippen LogP contribution in [0.1, 0.15) is 62.9 Å². The molecule has 0 aliphatic carbocycles. The van der Waals surface area contributed by atoms with Crippen molar-refractivity contribution in [1.29, 1.82) is 0 Å². The van der Waals surface area contributed by atoms with Gasteiger partial charge in [0.25, 0.3) is 0 Å². The molecule has 0 saturated heterocycles. The summed E-state index contributed by atoms with van der Waals surface area (Å²) in [6, 6.07) is 47.5. The number of nitrogens with zero attached hydrogens (tertiary/aromatic N) is 6. The zero-order valence-corrected chi connectivity index (χ0v) is 49.7. The number of aromatic nitrogens is 9. The Labute approximate surface area is 525 Å². The minimum Gasteiger partial charge on any atom is -0.543 e. The molecule has 0 radical (unpaired) electrons. The van der Waals surface area contributed by atoms with Gasteiger partial charge in [0.15, 0.2) is 18.6 Å². The molecule has 13 N–H and O–H groups in total. The summed E-state index contributed by atoms with van der Waals surface area (Å²) in [7, 11) is -0.611. The molecule has 0 aliphatic rings. The first kappa shape index (κ1) is 77.4. The van der Waals surface area contributed by atoms with E-state index in [4.69, 9.17) is 0 Å². The van der Waals surface area contributed by atoms with Crippen LogP contribution in [0.3, 0.4) is 0 Å². The van der Waals surface area contributed by atoms with Gasteiger partial charge in [-0.2, -0.15) is 0 Å². The van der Waals surface area contributed by atoms with Crippen molar-refractivity contribution in [3.05, 3.63) is 235 Å². The second-order valence-electron chi connectivity index (χ2n) is 16.5. The van der Waals surface area contributed by atoms with Gasteiger partial charge in [-0.3, -0.25) is 4.21 Å². The zero-order valence-electron chi connectivity index (χ0n) is 46.0. The smallest absolute Gasteiger partial charge is 0.543 e. The number of carboxylic acid groups (broad SMARTS) is 6. The minimum absolute atomic E-state index is 0. The SMILES string of the molecule is CS(C)=O.O.O.O.O.O.O=C([O-])c1cccc(C(=O)[O-])n1.O=C([O-])c1cccc(C(=O)[O-])n1.O=C([O-])c1cccc(C(=O)[O-])n1.[Y+3].c1cnc2c(c1)ccc1ccc[nH+]c12.c1cnc2c(c1)ccc1ccc[nH+]c12.c1cnc2c(c1)ccc1ccc[nH+]c12. The number of hydrogen-bond donors (Lipinski definition) is 0. The molecule has 12 aromatic rings. The van der Waals surface area contributed by atoms with Crippen LogP contribution in [-0.4, -0.2) is 110 Å². The third-order valence-electron chi connectivity index (χ3n) is 10.7. The Hall–Kier alpha value is -10.6. The summed E-state index contributed by atoms with van der Waals surface area (Å²) in [5, 5.41) is 68.2. The maximum atomic E-state index is 10.2. The summed E-state index contributed by atoms with van der Waals surface area (Å²) in [6.07, 6.45) is 14.5. The molecule has 0 amide bonds. The van der Waals surface area contributed by atoms with Gasteiger partial charge >= 0.3 is 32.7 Å². The van der Waals surface area contributed by atoms with Crippen LogP contribution < -0.4 is 45.6 Å². The number of aromatic amines is 3. The quantitative estimate of drug-likeness (QED) is 0.143. The number of aromatic carboxylic acids is 6. The van der Waals surface area contributed by atoms with E-state index in [0.29, 0.717) is 0 Å². The fraction of sp³-hybridized carbons (Fsp3) is 0.0339. The Morgan fingerprint density at radius 1 is 0.318 bits per heavy atom. The van der Waals surface area contributed by atoms with Gasteiger partial charge in [-0.05, 0) is 91.0 Å². The van der Waals surface area contributed by atoms with Gasteiger partial charge in [0.2, 0.25) is 16.6 Å². The van der Waals surface area contributed by atoms with E-state index < -0.39 is 80.8 Å². The molecule has 0 bridgehead atoms. The number of pyridine rings is 9. The molecule has 0 spiro atoms. The second kappa shape index (κ2) is 38.4. The van der Waals surface area contributed by atoms with Crippen molar-refractivity contribution in [2.24, 2.45) is 0 Å². The van der Waals surface area contributed by atoms with E-state index in [9.17, 15) is 63.6 Å². The first-order chi connectivity index (χ1) is 39.4. The van der Waals surface area contributed by atoms with Gasteiger partial charge in [-0.25, -0.2) is 44.9 Å². The Kier molecular flexibility index (Phi) is 33.8. The number of H-pyrrole nitrogens is 3. The second-order valence-corrected chi connectivity index (χ2v) is 18.0. The van der Waals surface area contributed by atoms with Crippen LogP contribution >= 0.6 is 0 Å². The number of fused-ring (bicyclic) bond motifs is 9. The number of carbonyl (C=O) groups excluding carboxylic acids is 6. The van der Waals surface area contributed by atoms with Crippen molar-refractivity contribution in [3.63, 3.8) is 0 Å². The van der Waals surface area contributed by atoms with E-state index in [1.165, 1.54) is 50.5 Å². The van der Waals surface area contributed by atoms with Crippen LogP contribution in [0.15, 0.2) is 201 Å². The van der Waals surface area contributed by atoms with Crippen LogP contribution in [0.5, 0.6) is 0 Å². The number of hydrogen-bond acceptors (Lipinski definition) is 19. The van der Waals surface area contributed by atoms with Gasteiger partial charge in [0.05, 0.1) is 70.0 Å². The van der Waals surface area contributed by atoms with Gasteiger partial charge in [-0.1, -0.05) is 54.6 Å². The normalized spacial score (nSPS) is 9.40. The summed E-state index contributed by atoms with van der Waals surface area (Å²) in [6.45, 7) is 0. The molecule has 0 aliphatic heterocycles. The summed E-state index contributed by atoms with van der Waals surface area (Å²) in [5.74, 6) is -9.09. The fourth-order valence-electron chi connectivity index (χ4n) is 7.19. The first-order valence-electron chi connectivity index (χ1n) is 23.8.